The highest BCUT2D eigenvalue weighted by molar-refractivity contribution is 3.87. The minimum Gasteiger partial charge on any atom is -1.00 e. The monoisotopic (exact) mass is 113 g/mol. The van der Waals surface area contributed by atoms with E-state index >= 15 is 0 Å². The van der Waals surface area contributed by atoms with E-state index < -0.39 is 0 Å². The number of quaternary nitrogens is 1. The maximum atomic E-state index is 2.12. The first-order valence-electron chi connectivity index (χ1n) is 1.79. The van der Waals surface area contributed by atoms with Gasteiger partial charge in [0, 0.05) is 0 Å². The zero-order valence-electron chi connectivity index (χ0n) is 4.83. The molecule has 1 nitrogen and oxygen atoms in total. The van der Waals surface area contributed by atoms with Gasteiger partial charge in [-0.15, -0.1) is 0 Å². The van der Waals surface area contributed by atoms with E-state index in [0.29, 0.717) is 0 Å². The zero-order valence-corrected chi connectivity index (χ0v) is 5.58. The first kappa shape index (κ1) is 9.54. The quantitative estimate of drug-likeness (QED) is 0.237. The zero-order chi connectivity index (χ0) is 4.50. The van der Waals surface area contributed by atoms with Gasteiger partial charge in [0.25, 0.3) is 0 Å². The van der Waals surface area contributed by atoms with Gasteiger partial charge < -0.3 is 16.9 Å². The van der Waals surface area contributed by atoms with Crippen molar-refractivity contribution in [3.8, 4) is 0 Å². The molecule has 0 fully saturated rings. The maximum Gasteiger partial charge on any atom is 0.0675 e. The lowest BCUT2D eigenvalue weighted by Gasteiger charge is -2.14. The van der Waals surface area contributed by atoms with Crippen molar-refractivity contribution in [3.05, 3.63) is 0 Å². The van der Waals surface area contributed by atoms with Crippen molar-refractivity contribution in [2.45, 2.75) is 0 Å². The van der Waals surface area contributed by atoms with Crippen LogP contribution in [0, 0.1) is 0 Å². The molecule has 0 rings (SSSR count). The van der Waals surface area contributed by atoms with Crippen molar-refractivity contribution < 1.29 is 16.9 Å². The van der Waals surface area contributed by atoms with Crippen molar-refractivity contribution in [2.24, 2.45) is 0 Å². The Morgan fingerprint density at radius 2 is 0.833 bits per heavy atom. The predicted octanol–water partition coefficient (Wildman–Crippen LogP) is -2.67. The van der Waals surface area contributed by atoms with Gasteiger partial charge in [0.05, 0.1) is 28.2 Å². The fraction of sp³-hybridized carbons (Fsp3) is 1.00. The fourth-order valence-electron chi connectivity index (χ4n) is 0. The smallest absolute Gasteiger partial charge is 0.0675 e. The van der Waals surface area contributed by atoms with E-state index in [4.69, 9.17) is 0 Å². The van der Waals surface area contributed by atoms with Gasteiger partial charge >= 0.3 is 0 Å². The lowest BCUT2D eigenvalue weighted by Crippen LogP contribution is -3.00. The van der Waals surface area contributed by atoms with Crippen LogP contribution in [0.25, 0.3) is 0 Å². The number of rotatable bonds is 0. The largest absolute Gasteiger partial charge is 1.00 e. The Hall–Kier alpha value is 0.250. The second kappa shape index (κ2) is 2.43. The summed E-state index contributed by atoms with van der Waals surface area (Å²) in [5.74, 6) is 0. The molecule has 0 unspecified atom stereocenters. The Bertz CT molecular complexity index is 23.0. The summed E-state index contributed by atoms with van der Waals surface area (Å²) in [5.41, 5.74) is 0. The average molecular weight is 114 g/mol. The first-order chi connectivity index (χ1) is 2.00. The summed E-state index contributed by atoms with van der Waals surface area (Å²) >= 11 is 0. The molecule has 0 aliphatic heterocycles. The van der Waals surface area contributed by atoms with Gasteiger partial charge in [0.2, 0.25) is 0 Å². The van der Waals surface area contributed by atoms with Crippen molar-refractivity contribution >= 4 is 0 Å². The van der Waals surface area contributed by atoms with Crippen LogP contribution in [0.1, 0.15) is 0 Å². The molecule has 0 aromatic carbocycles. The number of nitrogens with zero attached hydrogens (tertiary/aromatic N) is 1. The van der Waals surface area contributed by atoms with Crippen LogP contribution in [-0.2, 0) is 0 Å². The van der Waals surface area contributed by atoms with E-state index in [2.05, 4.69) is 28.2 Å². The first-order valence-corrected chi connectivity index (χ1v) is 1.79. The average Bonchev–Trinajstić information content (AvgIpc) is 0.722. The van der Waals surface area contributed by atoms with Crippen molar-refractivity contribution in [1.29, 1.82) is 0 Å². The van der Waals surface area contributed by atoms with E-state index in [1.807, 2.05) is 0 Å². The molecule has 0 heterocycles. The summed E-state index contributed by atoms with van der Waals surface area (Å²) in [6.07, 6.45) is 0. The number of halogens is 1. The Kier molecular flexibility index (Phi) is 3.86. The van der Waals surface area contributed by atoms with E-state index in [-0.39, 0.29) is 12.4 Å². The van der Waals surface area contributed by atoms with Gasteiger partial charge in [-0.05, 0) is 0 Å². The molecule has 0 bridgehead atoms. The molecule has 0 radical (unpaired) electrons. The summed E-state index contributed by atoms with van der Waals surface area (Å²) in [5, 5.41) is 0. The highest BCUT2D eigenvalue weighted by Crippen LogP contribution is 1.73. The number of hydrogen-bond donors (Lipinski definition) is 0. The van der Waals surface area contributed by atoms with Gasteiger partial charge in [-0.1, -0.05) is 0 Å². The Morgan fingerprint density at radius 3 is 0.833 bits per heavy atom. The summed E-state index contributed by atoms with van der Waals surface area (Å²) in [7, 11) is 8.50. The molecule has 0 aromatic heterocycles. The molecule has 0 N–H and O–H groups in total. The van der Waals surface area contributed by atoms with Crippen molar-refractivity contribution in [3.63, 3.8) is 0 Å². The van der Waals surface area contributed by atoms with Crippen LogP contribution in [0.5, 0.6) is 0 Å². The molecule has 0 aromatic rings. The highest BCUT2D eigenvalue weighted by Gasteiger charge is 1.88. The van der Waals surface area contributed by atoms with E-state index in [0.717, 1.165) is 4.48 Å². The van der Waals surface area contributed by atoms with Gasteiger partial charge in [-0.25, -0.2) is 0 Å². The van der Waals surface area contributed by atoms with Gasteiger partial charge in [-0.2, -0.15) is 0 Å². The molecule has 6 heavy (non-hydrogen) atoms. The predicted molar refractivity (Wildman–Crippen MR) is 24.0 cm³/mol. The molecular formula is C4H12ClN. The van der Waals surface area contributed by atoms with Crippen LogP contribution in [0.4, 0.5) is 0 Å². The third-order valence-corrected chi connectivity index (χ3v) is 0. The molecule has 40 valence electrons. The van der Waals surface area contributed by atoms with Crippen LogP contribution < -0.4 is 12.4 Å². The SMILES string of the molecule is [13CH3][N+]([13CH3])([13CH3])[13CH3].[Cl-]. The Morgan fingerprint density at radius 1 is 0.833 bits per heavy atom. The molecule has 0 aliphatic rings. The summed E-state index contributed by atoms with van der Waals surface area (Å²) in [4.78, 5) is 0. The number of hydrogen-bond acceptors (Lipinski definition) is 0. The van der Waals surface area contributed by atoms with E-state index in [1.54, 1.807) is 0 Å². The Labute approximate surface area is 46.0 Å². The van der Waals surface area contributed by atoms with Crippen LogP contribution in [-0.4, -0.2) is 32.7 Å². The van der Waals surface area contributed by atoms with Gasteiger partial charge in [0.15, 0.2) is 0 Å². The van der Waals surface area contributed by atoms with E-state index in [1.165, 1.54) is 0 Å². The van der Waals surface area contributed by atoms with Crippen LogP contribution in [0.15, 0.2) is 0 Å². The van der Waals surface area contributed by atoms with Gasteiger partial charge in [0.1, 0.15) is 0 Å². The molecule has 2 heteroatoms. The third-order valence-electron chi connectivity index (χ3n) is 0. The fourth-order valence-corrected chi connectivity index (χ4v) is 0. The van der Waals surface area contributed by atoms with Gasteiger partial charge in [-0.3, -0.25) is 0 Å². The second-order valence-corrected chi connectivity index (χ2v) is 2.68. The second-order valence-electron chi connectivity index (χ2n) is 2.68. The highest BCUT2D eigenvalue weighted by atomic mass is 35.5. The van der Waals surface area contributed by atoms with Crippen molar-refractivity contribution in [1.82, 2.24) is 0 Å². The third kappa shape index (κ3) is 718. The standard InChI is InChI=1S/C4H12N.ClH/c1-5(2,3)4;/h1-4H3;1H/q+1;/p-1/i1+1,2+1,3+1,4+1;. The summed E-state index contributed by atoms with van der Waals surface area (Å²) in [6, 6.07) is 0. The lowest BCUT2D eigenvalue weighted by molar-refractivity contribution is -0.849. The Balaban J connectivity index is 0. The molecule has 0 spiro atoms. The summed E-state index contributed by atoms with van der Waals surface area (Å²) < 4.78 is 1.00. The topological polar surface area (TPSA) is 0 Å². The molecule has 0 amide bonds. The van der Waals surface area contributed by atoms with E-state index in [9.17, 15) is 0 Å². The molecule has 0 saturated heterocycles. The summed E-state index contributed by atoms with van der Waals surface area (Å²) in [6.45, 7) is 0. The molecular weight excluding hydrogens is 101 g/mol. The van der Waals surface area contributed by atoms with Crippen LogP contribution in [0.2, 0.25) is 0 Å². The normalized spacial score (nSPS) is 10.0. The van der Waals surface area contributed by atoms with Crippen LogP contribution >= 0.6 is 0 Å². The van der Waals surface area contributed by atoms with Crippen LogP contribution in [0.3, 0.4) is 0 Å². The minimum atomic E-state index is 0. The molecule has 0 aliphatic carbocycles. The maximum absolute atomic E-state index is 2.12. The van der Waals surface area contributed by atoms with Crippen molar-refractivity contribution in [2.75, 3.05) is 28.2 Å². The minimum absolute atomic E-state index is 0. The molecule has 0 saturated carbocycles. The lowest BCUT2D eigenvalue weighted by atomic mass is 11.4. The molecule has 0 atom stereocenters.